The lowest BCUT2D eigenvalue weighted by molar-refractivity contribution is 0.0657. The van der Waals surface area contributed by atoms with Gasteiger partial charge in [-0.05, 0) is 62.3 Å². The molecule has 1 aliphatic rings. The molecule has 0 unspecified atom stereocenters. The smallest absolute Gasteiger partial charge is 0.272 e. The maximum absolute atomic E-state index is 12.8. The molecule has 3 rings (SSSR count). The molecular weight excluding hydrogens is 314 g/mol. The Bertz CT molecular complexity index is 738. The van der Waals surface area contributed by atoms with Crippen LogP contribution in [0.2, 0.25) is 0 Å². The van der Waals surface area contributed by atoms with E-state index >= 15 is 0 Å². The predicted molar refractivity (Wildman–Crippen MR) is 97.9 cm³/mol. The molecule has 2 aromatic rings. The zero-order chi connectivity index (χ0) is 17.8. The molecule has 1 fully saturated rings. The number of methoxy groups -OCH3 is 1. The van der Waals surface area contributed by atoms with Crippen molar-refractivity contribution in [3.63, 3.8) is 0 Å². The summed E-state index contributed by atoms with van der Waals surface area (Å²) in [5.41, 5.74) is 2.87. The van der Waals surface area contributed by atoms with Crippen LogP contribution in [-0.2, 0) is 13.5 Å². The van der Waals surface area contributed by atoms with Crippen molar-refractivity contribution in [2.24, 2.45) is 13.0 Å². The van der Waals surface area contributed by atoms with E-state index in [-0.39, 0.29) is 5.91 Å². The molecule has 0 N–H and O–H groups in total. The zero-order valence-corrected chi connectivity index (χ0v) is 15.4. The van der Waals surface area contributed by atoms with Gasteiger partial charge in [0.05, 0.1) is 12.8 Å². The van der Waals surface area contributed by atoms with Crippen LogP contribution in [0.5, 0.6) is 5.75 Å². The Kier molecular flexibility index (Phi) is 5.41. The molecule has 25 heavy (non-hydrogen) atoms. The molecule has 5 nitrogen and oxygen atoms in total. The normalized spacial score (nSPS) is 17.6. The standard InChI is InChI=1S/C20H27N3O2/c1-15-12-19(22(2)21-15)20(24)23-11-5-7-17(14-23)10-9-16-6-4-8-18(13-16)25-3/h4,6,8,12-13,17H,5,7,9-11,14H2,1-3H3/t17-/m0/s1. The number of hydrogen-bond donors (Lipinski definition) is 0. The summed E-state index contributed by atoms with van der Waals surface area (Å²) in [5, 5.41) is 4.30. The molecule has 1 aromatic heterocycles. The summed E-state index contributed by atoms with van der Waals surface area (Å²) >= 11 is 0. The van der Waals surface area contributed by atoms with Crippen molar-refractivity contribution >= 4 is 5.91 Å². The fourth-order valence-electron chi connectivity index (χ4n) is 3.66. The highest BCUT2D eigenvalue weighted by molar-refractivity contribution is 5.92. The lowest BCUT2D eigenvalue weighted by Gasteiger charge is -2.32. The quantitative estimate of drug-likeness (QED) is 0.839. The Labute approximate surface area is 149 Å². The van der Waals surface area contributed by atoms with Gasteiger partial charge in [-0.25, -0.2) is 0 Å². The van der Waals surface area contributed by atoms with Crippen molar-refractivity contribution in [1.29, 1.82) is 0 Å². The highest BCUT2D eigenvalue weighted by atomic mass is 16.5. The van der Waals surface area contributed by atoms with Crippen LogP contribution in [0.3, 0.4) is 0 Å². The first kappa shape index (κ1) is 17.5. The Morgan fingerprint density at radius 2 is 2.20 bits per heavy atom. The number of nitrogens with zero attached hydrogens (tertiary/aromatic N) is 3. The summed E-state index contributed by atoms with van der Waals surface area (Å²) < 4.78 is 6.99. The number of aryl methyl sites for hydroxylation is 3. The van der Waals surface area contributed by atoms with Crippen molar-refractivity contribution < 1.29 is 9.53 Å². The summed E-state index contributed by atoms with van der Waals surface area (Å²) in [6.45, 7) is 3.61. The molecule has 1 amide bonds. The SMILES string of the molecule is COc1cccc(CC[C@@H]2CCCN(C(=O)c3cc(C)nn3C)C2)c1. The third-order valence-corrected chi connectivity index (χ3v) is 5.00. The number of likely N-dealkylation sites (tertiary alicyclic amines) is 1. The van der Waals surface area contributed by atoms with Crippen molar-refractivity contribution in [3.8, 4) is 5.75 Å². The van der Waals surface area contributed by atoms with Crippen LogP contribution < -0.4 is 4.74 Å². The molecule has 0 radical (unpaired) electrons. The van der Waals surface area contributed by atoms with Gasteiger partial charge in [-0.2, -0.15) is 5.10 Å². The molecule has 2 heterocycles. The van der Waals surface area contributed by atoms with E-state index in [9.17, 15) is 4.79 Å². The number of amides is 1. The van der Waals surface area contributed by atoms with Crippen LogP contribution >= 0.6 is 0 Å². The van der Waals surface area contributed by atoms with E-state index in [1.165, 1.54) is 12.0 Å². The minimum atomic E-state index is 0.106. The van der Waals surface area contributed by atoms with Gasteiger partial charge in [-0.3, -0.25) is 9.48 Å². The molecule has 1 atom stereocenters. The van der Waals surface area contributed by atoms with Gasteiger partial charge in [0, 0.05) is 20.1 Å². The number of ether oxygens (including phenoxy) is 1. The van der Waals surface area contributed by atoms with E-state index in [0.29, 0.717) is 11.6 Å². The second-order valence-electron chi connectivity index (χ2n) is 6.94. The van der Waals surface area contributed by atoms with Crippen molar-refractivity contribution in [3.05, 3.63) is 47.3 Å². The minimum Gasteiger partial charge on any atom is -0.497 e. The molecule has 0 bridgehead atoms. The van der Waals surface area contributed by atoms with Gasteiger partial charge in [0.1, 0.15) is 11.4 Å². The van der Waals surface area contributed by atoms with Crippen molar-refractivity contribution in [2.45, 2.75) is 32.6 Å². The third kappa shape index (κ3) is 4.21. The van der Waals surface area contributed by atoms with Crippen LogP contribution in [0.1, 0.15) is 41.0 Å². The molecule has 134 valence electrons. The minimum absolute atomic E-state index is 0.106. The van der Waals surface area contributed by atoms with Crippen molar-refractivity contribution in [2.75, 3.05) is 20.2 Å². The first-order chi connectivity index (χ1) is 12.1. The molecule has 5 heteroatoms. The summed E-state index contributed by atoms with van der Waals surface area (Å²) in [6.07, 6.45) is 4.39. The van der Waals surface area contributed by atoms with Crippen LogP contribution in [0.15, 0.2) is 30.3 Å². The first-order valence-corrected chi connectivity index (χ1v) is 8.99. The number of carbonyl (C=O) groups is 1. The number of benzene rings is 1. The lowest BCUT2D eigenvalue weighted by atomic mass is 9.91. The second-order valence-corrected chi connectivity index (χ2v) is 6.94. The average molecular weight is 341 g/mol. The Hall–Kier alpha value is -2.30. The number of aromatic nitrogens is 2. The van der Waals surface area contributed by atoms with Crippen LogP contribution in [0.25, 0.3) is 0 Å². The van der Waals surface area contributed by atoms with E-state index in [4.69, 9.17) is 4.74 Å². The van der Waals surface area contributed by atoms with E-state index in [2.05, 4.69) is 17.2 Å². The fraction of sp³-hybridized carbons (Fsp3) is 0.500. The summed E-state index contributed by atoms with van der Waals surface area (Å²) in [4.78, 5) is 14.8. The Morgan fingerprint density at radius 1 is 1.36 bits per heavy atom. The summed E-state index contributed by atoms with van der Waals surface area (Å²) in [7, 11) is 3.54. The van der Waals surface area contributed by atoms with Gasteiger partial charge in [0.15, 0.2) is 0 Å². The van der Waals surface area contributed by atoms with Gasteiger partial charge in [0.2, 0.25) is 0 Å². The maximum atomic E-state index is 12.8. The van der Waals surface area contributed by atoms with E-state index in [1.54, 1.807) is 11.8 Å². The van der Waals surface area contributed by atoms with Gasteiger partial charge < -0.3 is 9.64 Å². The number of hydrogen-bond acceptors (Lipinski definition) is 3. The summed E-state index contributed by atoms with van der Waals surface area (Å²) in [6, 6.07) is 10.1. The Morgan fingerprint density at radius 3 is 2.92 bits per heavy atom. The molecular formula is C20H27N3O2. The third-order valence-electron chi connectivity index (χ3n) is 5.00. The largest absolute Gasteiger partial charge is 0.497 e. The van der Waals surface area contributed by atoms with E-state index in [0.717, 1.165) is 43.8 Å². The fourth-order valence-corrected chi connectivity index (χ4v) is 3.66. The molecule has 1 aliphatic heterocycles. The Balaban J connectivity index is 1.59. The monoisotopic (exact) mass is 341 g/mol. The molecule has 1 saturated heterocycles. The maximum Gasteiger partial charge on any atom is 0.272 e. The van der Waals surface area contributed by atoms with Gasteiger partial charge in [0.25, 0.3) is 5.91 Å². The molecule has 0 aliphatic carbocycles. The zero-order valence-electron chi connectivity index (χ0n) is 15.4. The van der Waals surface area contributed by atoms with Gasteiger partial charge >= 0.3 is 0 Å². The van der Waals surface area contributed by atoms with Crippen LogP contribution in [0, 0.1) is 12.8 Å². The first-order valence-electron chi connectivity index (χ1n) is 8.99. The average Bonchev–Trinajstić information content (AvgIpc) is 2.98. The van der Waals surface area contributed by atoms with E-state index in [1.807, 2.05) is 37.1 Å². The van der Waals surface area contributed by atoms with Crippen molar-refractivity contribution in [1.82, 2.24) is 14.7 Å². The lowest BCUT2D eigenvalue weighted by Crippen LogP contribution is -2.40. The highest BCUT2D eigenvalue weighted by Crippen LogP contribution is 2.24. The van der Waals surface area contributed by atoms with Gasteiger partial charge in [-0.15, -0.1) is 0 Å². The second kappa shape index (κ2) is 7.72. The molecule has 1 aromatic carbocycles. The molecule has 0 saturated carbocycles. The van der Waals surface area contributed by atoms with E-state index < -0.39 is 0 Å². The van der Waals surface area contributed by atoms with Crippen LogP contribution in [-0.4, -0.2) is 40.8 Å². The highest BCUT2D eigenvalue weighted by Gasteiger charge is 2.26. The molecule has 0 spiro atoms. The summed E-state index contributed by atoms with van der Waals surface area (Å²) in [5.74, 6) is 1.57. The number of piperidine rings is 1. The number of rotatable bonds is 5. The predicted octanol–water partition coefficient (Wildman–Crippen LogP) is 3.22. The van der Waals surface area contributed by atoms with Gasteiger partial charge in [-0.1, -0.05) is 12.1 Å². The topological polar surface area (TPSA) is 47.4 Å². The van der Waals surface area contributed by atoms with Crippen LogP contribution in [0.4, 0.5) is 0 Å². The number of carbonyl (C=O) groups excluding carboxylic acids is 1.